The Hall–Kier alpha value is -1.94. The van der Waals surface area contributed by atoms with Gasteiger partial charge in [0, 0.05) is 25.7 Å². The van der Waals surface area contributed by atoms with Crippen molar-refractivity contribution in [3.63, 3.8) is 0 Å². The maximum atomic E-state index is 13.1. The molecule has 2 unspecified atom stereocenters. The Labute approximate surface area is 594 Å². The Morgan fingerprint density at radius 2 is 0.474 bits per heavy atom. The number of hydrogen-bond donors (Lipinski definition) is 3. The van der Waals surface area contributed by atoms with Crippen LogP contribution < -0.4 is 0 Å². The largest absolute Gasteiger partial charge is 0.472 e. The molecule has 19 heteroatoms. The molecular formula is C78H152O17P2. The van der Waals surface area contributed by atoms with Crippen LogP contribution in [-0.2, 0) is 65.4 Å². The van der Waals surface area contributed by atoms with Gasteiger partial charge in [0.15, 0.2) is 12.2 Å². The van der Waals surface area contributed by atoms with Crippen LogP contribution in [0.1, 0.15) is 413 Å². The van der Waals surface area contributed by atoms with Crippen molar-refractivity contribution in [1.82, 2.24) is 0 Å². The molecule has 3 N–H and O–H groups in total. The van der Waals surface area contributed by atoms with E-state index in [9.17, 15) is 43.2 Å². The van der Waals surface area contributed by atoms with E-state index in [1.165, 1.54) is 231 Å². The van der Waals surface area contributed by atoms with Crippen molar-refractivity contribution in [2.75, 3.05) is 39.6 Å². The molecule has 0 radical (unpaired) electrons. The van der Waals surface area contributed by atoms with Crippen molar-refractivity contribution < 1.29 is 80.2 Å². The second-order valence-electron chi connectivity index (χ2n) is 28.6. The second kappa shape index (κ2) is 71.1. The van der Waals surface area contributed by atoms with Gasteiger partial charge in [-0.3, -0.25) is 37.3 Å². The van der Waals surface area contributed by atoms with Gasteiger partial charge in [-0.2, -0.15) is 0 Å². The number of phosphoric ester groups is 2. The zero-order valence-electron chi connectivity index (χ0n) is 63.2. The molecule has 17 nitrogen and oxygen atoms in total. The average Bonchev–Trinajstić information content (AvgIpc) is 1.24. The molecular weight excluding hydrogens is 1270 g/mol. The van der Waals surface area contributed by atoms with Crippen molar-refractivity contribution >= 4 is 39.5 Å². The van der Waals surface area contributed by atoms with E-state index < -0.39 is 97.5 Å². The maximum Gasteiger partial charge on any atom is 0.472 e. The first-order valence-electron chi connectivity index (χ1n) is 40.6. The van der Waals surface area contributed by atoms with E-state index in [4.69, 9.17) is 37.0 Å². The number of carbonyl (C=O) groups excluding carboxylic acids is 4. The fourth-order valence-electron chi connectivity index (χ4n) is 12.1. The van der Waals surface area contributed by atoms with Crippen LogP contribution in [-0.4, -0.2) is 96.7 Å². The summed E-state index contributed by atoms with van der Waals surface area (Å²) < 4.78 is 68.3. The Morgan fingerprint density at radius 3 is 0.701 bits per heavy atom. The molecule has 0 amide bonds. The third-order valence-corrected chi connectivity index (χ3v) is 20.2. The highest BCUT2D eigenvalue weighted by atomic mass is 31.2. The highest BCUT2D eigenvalue weighted by Crippen LogP contribution is 2.45. The zero-order chi connectivity index (χ0) is 71.2. The van der Waals surface area contributed by atoms with E-state index in [2.05, 4.69) is 34.6 Å². The number of rotatable bonds is 78. The molecule has 0 saturated carbocycles. The van der Waals surface area contributed by atoms with Gasteiger partial charge in [-0.1, -0.05) is 362 Å². The monoisotopic (exact) mass is 1420 g/mol. The molecule has 97 heavy (non-hydrogen) atoms. The van der Waals surface area contributed by atoms with Crippen molar-refractivity contribution in [2.45, 2.75) is 432 Å². The van der Waals surface area contributed by atoms with Crippen LogP contribution in [0.25, 0.3) is 0 Å². The first kappa shape index (κ1) is 95.1. The van der Waals surface area contributed by atoms with Gasteiger partial charge in [-0.05, 0) is 31.6 Å². The van der Waals surface area contributed by atoms with Gasteiger partial charge in [0.2, 0.25) is 0 Å². The van der Waals surface area contributed by atoms with Crippen molar-refractivity contribution in [3.05, 3.63) is 0 Å². The third-order valence-electron chi connectivity index (χ3n) is 18.3. The zero-order valence-corrected chi connectivity index (χ0v) is 65.0. The summed E-state index contributed by atoms with van der Waals surface area (Å²) >= 11 is 0. The molecule has 0 aromatic carbocycles. The lowest BCUT2D eigenvalue weighted by atomic mass is 10.0. The summed E-state index contributed by atoms with van der Waals surface area (Å²) in [7, 11) is -9.90. The van der Waals surface area contributed by atoms with Crippen LogP contribution >= 0.6 is 15.6 Å². The minimum atomic E-state index is -4.96. The molecule has 5 atom stereocenters. The molecule has 0 aliphatic carbocycles. The smallest absolute Gasteiger partial charge is 0.462 e. The number of ether oxygens (including phenoxy) is 4. The predicted octanol–water partition coefficient (Wildman–Crippen LogP) is 23.3. The normalized spacial score (nSPS) is 13.9. The Bertz CT molecular complexity index is 1860. The second-order valence-corrected chi connectivity index (χ2v) is 31.5. The Kier molecular flexibility index (Phi) is 69.6. The Balaban J connectivity index is 5.11. The Morgan fingerprint density at radius 1 is 0.278 bits per heavy atom. The van der Waals surface area contributed by atoms with E-state index in [0.29, 0.717) is 25.7 Å². The van der Waals surface area contributed by atoms with Crippen LogP contribution in [0.3, 0.4) is 0 Å². The standard InChI is InChI=1S/C78H152O17P2/c1-6-9-12-15-17-19-21-23-25-27-29-31-33-35-37-39-43-47-52-57-62-76(81)89-68-74(95-77(82)63-58-53-48-44-40-38-36-34-32-30-28-26-24-22-20-18-16-13-10-7-2)70-93-97(86,87)91-66-72(79)65-90-96(84,85)92-69-73(67-88-75(80)61-56-50-14-11-8-3)94-78(83)64-59-54-49-45-41-42-46-51-55-60-71(4)5/h71-74,79H,6-70H2,1-5H3,(H,84,85)(H,86,87)/t72-,73+,74+/m0/s1. The SMILES string of the molecule is CCCCCCCCCCCCCCCCCCCCCCC(=O)OC[C@H](COP(=O)(O)OC[C@@H](O)COP(=O)(O)OC[C@@H](COC(=O)CCCCCCC)OC(=O)CCCCCCCCCCCC(C)C)OC(=O)CCCCCCCCCCCCCCCCCCCCCC. The number of aliphatic hydroxyl groups is 1. The number of unbranched alkanes of at least 4 members (excludes halogenated alkanes) is 50. The molecule has 0 aliphatic heterocycles. The van der Waals surface area contributed by atoms with Crippen LogP contribution in [0.15, 0.2) is 0 Å². The minimum Gasteiger partial charge on any atom is -0.462 e. The third kappa shape index (κ3) is 72.2. The molecule has 0 rings (SSSR count). The van der Waals surface area contributed by atoms with Crippen LogP contribution in [0.4, 0.5) is 0 Å². The van der Waals surface area contributed by atoms with E-state index in [0.717, 1.165) is 102 Å². The predicted molar refractivity (Wildman–Crippen MR) is 395 cm³/mol. The van der Waals surface area contributed by atoms with Gasteiger partial charge in [-0.15, -0.1) is 0 Å². The van der Waals surface area contributed by atoms with E-state index in [1.54, 1.807) is 0 Å². The number of hydrogen-bond acceptors (Lipinski definition) is 15. The molecule has 0 saturated heterocycles. The first-order chi connectivity index (χ1) is 47.0. The molecule has 0 spiro atoms. The van der Waals surface area contributed by atoms with Gasteiger partial charge < -0.3 is 33.8 Å². The lowest BCUT2D eigenvalue weighted by Crippen LogP contribution is -2.30. The summed E-state index contributed by atoms with van der Waals surface area (Å²) in [5.74, 6) is -1.39. The highest BCUT2D eigenvalue weighted by Gasteiger charge is 2.30. The molecule has 0 heterocycles. The van der Waals surface area contributed by atoms with Crippen molar-refractivity contribution in [2.24, 2.45) is 5.92 Å². The molecule has 0 aromatic heterocycles. The van der Waals surface area contributed by atoms with Gasteiger partial charge in [0.05, 0.1) is 26.4 Å². The average molecular weight is 1420 g/mol. The van der Waals surface area contributed by atoms with Gasteiger partial charge in [-0.25, -0.2) is 9.13 Å². The van der Waals surface area contributed by atoms with Crippen LogP contribution in [0.2, 0.25) is 0 Å². The van der Waals surface area contributed by atoms with Gasteiger partial charge in [0.1, 0.15) is 19.3 Å². The van der Waals surface area contributed by atoms with Crippen molar-refractivity contribution in [1.29, 1.82) is 0 Å². The number of phosphoric acid groups is 2. The maximum absolute atomic E-state index is 13.1. The molecule has 0 bridgehead atoms. The number of aliphatic hydroxyl groups excluding tert-OH is 1. The topological polar surface area (TPSA) is 237 Å². The first-order valence-corrected chi connectivity index (χ1v) is 43.6. The summed E-state index contributed by atoms with van der Waals surface area (Å²) in [6.07, 6.45) is 61.7. The molecule has 0 aliphatic rings. The lowest BCUT2D eigenvalue weighted by Gasteiger charge is -2.21. The molecule has 576 valence electrons. The number of carbonyl (C=O) groups is 4. The fraction of sp³-hybridized carbons (Fsp3) is 0.949. The summed E-state index contributed by atoms with van der Waals surface area (Å²) in [6, 6.07) is 0. The summed E-state index contributed by atoms with van der Waals surface area (Å²) in [6.45, 7) is 7.18. The summed E-state index contributed by atoms with van der Waals surface area (Å²) in [5.41, 5.74) is 0. The van der Waals surface area contributed by atoms with Crippen LogP contribution in [0.5, 0.6) is 0 Å². The minimum absolute atomic E-state index is 0.105. The van der Waals surface area contributed by atoms with E-state index in [-0.39, 0.29) is 25.7 Å². The van der Waals surface area contributed by atoms with Crippen molar-refractivity contribution in [3.8, 4) is 0 Å². The highest BCUT2D eigenvalue weighted by molar-refractivity contribution is 7.47. The van der Waals surface area contributed by atoms with Gasteiger partial charge in [0.25, 0.3) is 0 Å². The van der Waals surface area contributed by atoms with Gasteiger partial charge >= 0.3 is 39.5 Å². The van der Waals surface area contributed by atoms with Crippen LogP contribution in [0, 0.1) is 5.92 Å². The fourth-order valence-corrected chi connectivity index (χ4v) is 13.6. The molecule has 0 aromatic rings. The molecule has 0 fully saturated rings. The summed E-state index contributed by atoms with van der Waals surface area (Å²) in [5, 5.41) is 10.6. The summed E-state index contributed by atoms with van der Waals surface area (Å²) in [4.78, 5) is 72.6. The quantitative estimate of drug-likeness (QED) is 0.0222. The lowest BCUT2D eigenvalue weighted by molar-refractivity contribution is -0.161. The van der Waals surface area contributed by atoms with E-state index >= 15 is 0 Å². The number of esters is 4. The van der Waals surface area contributed by atoms with E-state index in [1.807, 2.05) is 0 Å².